The molecule has 0 unspecified atom stereocenters. The van der Waals surface area contributed by atoms with E-state index in [1.54, 1.807) is 0 Å². The van der Waals surface area contributed by atoms with Crippen molar-refractivity contribution in [1.82, 2.24) is 10.2 Å². The number of hydrogen-bond donors (Lipinski definition) is 1. The highest BCUT2D eigenvalue weighted by Crippen LogP contribution is 2.14. The topological polar surface area (TPSA) is 35.6 Å². The fourth-order valence-corrected chi connectivity index (χ4v) is 2.40. The lowest BCUT2D eigenvalue weighted by atomic mass is 10.1. The first kappa shape index (κ1) is 14.0. The number of rotatable bonds is 6. The van der Waals surface area contributed by atoms with E-state index >= 15 is 0 Å². The van der Waals surface area contributed by atoms with Gasteiger partial charge in [-0.05, 0) is 25.6 Å². The van der Waals surface area contributed by atoms with Gasteiger partial charge in [0.25, 0.3) is 0 Å². The minimum atomic E-state index is 0.183. The largest absolute Gasteiger partial charge is 0.314 e. The number of benzene rings is 1. The summed E-state index contributed by atoms with van der Waals surface area (Å²) in [5.41, 5.74) is 0.984. The molecule has 2 rings (SSSR count). The number of carbonyl (C=O) groups excluding carboxylic acids is 1. The van der Waals surface area contributed by atoms with Crippen LogP contribution in [0.4, 0.5) is 5.69 Å². The Labute approximate surface area is 115 Å². The molecule has 4 nitrogen and oxygen atoms in total. The molecule has 1 heterocycles. The summed E-state index contributed by atoms with van der Waals surface area (Å²) in [4.78, 5) is 16.6. The van der Waals surface area contributed by atoms with Crippen LogP contribution in [0, 0.1) is 0 Å². The molecule has 0 aliphatic carbocycles. The number of para-hydroxylation sites is 1. The van der Waals surface area contributed by atoms with E-state index in [1.165, 1.54) is 0 Å². The van der Waals surface area contributed by atoms with E-state index in [-0.39, 0.29) is 5.91 Å². The molecule has 0 bridgehead atoms. The third-order valence-corrected chi connectivity index (χ3v) is 3.71. The van der Waals surface area contributed by atoms with Gasteiger partial charge in [-0.25, -0.2) is 0 Å². The average Bonchev–Trinajstić information content (AvgIpc) is 2.38. The Morgan fingerprint density at radius 3 is 2.37 bits per heavy atom. The van der Waals surface area contributed by atoms with Gasteiger partial charge in [0.1, 0.15) is 0 Å². The molecule has 0 atom stereocenters. The first-order valence-electron chi connectivity index (χ1n) is 7.06. The summed E-state index contributed by atoms with van der Waals surface area (Å²) >= 11 is 0. The summed E-state index contributed by atoms with van der Waals surface area (Å²) in [5.74, 6) is 0.183. The SMILES string of the molecule is CCN(C(=O)CN(CC)C1CNC1)c1ccccc1. The molecule has 1 aliphatic heterocycles. The van der Waals surface area contributed by atoms with Crippen LogP contribution in [0.2, 0.25) is 0 Å². The van der Waals surface area contributed by atoms with Gasteiger partial charge in [0, 0.05) is 31.4 Å². The fourth-order valence-electron chi connectivity index (χ4n) is 2.40. The summed E-state index contributed by atoms with van der Waals surface area (Å²) in [6, 6.07) is 10.4. The molecular formula is C15H23N3O. The molecule has 104 valence electrons. The predicted molar refractivity (Wildman–Crippen MR) is 78.4 cm³/mol. The Kier molecular flexibility index (Phi) is 4.93. The highest BCUT2D eigenvalue weighted by atomic mass is 16.2. The first-order chi connectivity index (χ1) is 9.26. The van der Waals surface area contributed by atoms with Gasteiger partial charge < -0.3 is 10.2 Å². The van der Waals surface area contributed by atoms with Crippen LogP contribution in [-0.4, -0.2) is 49.6 Å². The van der Waals surface area contributed by atoms with Gasteiger partial charge >= 0.3 is 0 Å². The minimum absolute atomic E-state index is 0.183. The zero-order chi connectivity index (χ0) is 13.7. The van der Waals surface area contributed by atoms with Crippen LogP contribution in [0.1, 0.15) is 13.8 Å². The van der Waals surface area contributed by atoms with Crippen LogP contribution in [-0.2, 0) is 4.79 Å². The number of amides is 1. The highest BCUT2D eigenvalue weighted by Gasteiger charge is 2.26. The van der Waals surface area contributed by atoms with Gasteiger partial charge in [0.15, 0.2) is 0 Å². The van der Waals surface area contributed by atoms with Gasteiger partial charge in [0.2, 0.25) is 5.91 Å². The molecule has 1 fully saturated rings. The molecular weight excluding hydrogens is 238 g/mol. The maximum Gasteiger partial charge on any atom is 0.241 e. The quantitative estimate of drug-likeness (QED) is 0.839. The zero-order valence-electron chi connectivity index (χ0n) is 11.8. The third-order valence-electron chi connectivity index (χ3n) is 3.71. The van der Waals surface area contributed by atoms with Crippen molar-refractivity contribution in [2.45, 2.75) is 19.9 Å². The number of nitrogens with zero attached hydrogens (tertiary/aromatic N) is 2. The molecule has 0 saturated carbocycles. The number of anilines is 1. The van der Waals surface area contributed by atoms with Gasteiger partial charge in [-0.1, -0.05) is 25.1 Å². The minimum Gasteiger partial charge on any atom is -0.314 e. The van der Waals surface area contributed by atoms with E-state index in [0.29, 0.717) is 19.1 Å². The lowest BCUT2D eigenvalue weighted by molar-refractivity contribution is -0.120. The smallest absolute Gasteiger partial charge is 0.241 e. The Morgan fingerprint density at radius 1 is 1.21 bits per heavy atom. The highest BCUT2D eigenvalue weighted by molar-refractivity contribution is 5.94. The van der Waals surface area contributed by atoms with Gasteiger partial charge in [-0.3, -0.25) is 9.69 Å². The second-order valence-electron chi connectivity index (χ2n) is 4.85. The van der Waals surface area contributed by atoms with Crippen LogP contribution in [0.25, 0.3) is 0 Å². The maximum atomic E-state index is 12.5. The second kappa shape index (κ2) is 6.68. The van der Waals surface area contributed by atoms with Crippen molar-refractivity contribution >= 4 is 11.6 Å². The van der Waals surface area contributed by atoms with Crippen LogP contribution in [0.5, 0.6) is 0 Å². The van der Waals surface area contributed by atoms with Gasteiger partial charge in [0.05, 0.1) is 6.54 Å². The Bertz CT molecular complexity index is 403. The number of nitrogens with one attached hydrogen (secondary N) is 1. The van der Waals surface area contributed by atoms with Gasteiger partial charge in [-0.15, -0.1) is 0 Å². The van der Waals surface area contributed by atoms with Crippen molar-refractivity contribution < 1.29 is 4.79 Å². The molecule has 1 N–H and O–H groups in total. The fraction of sp³-hybridized carbons (Fsp3) is 0.533. The molecule has 0 spiro atoms. The summed E-state index contributed by atoms with van der Waals surface area (Å²) in [7, 11) is 0. The van der Waals surface area contributed by atoms with Gasteiger partial charge in [-0.2, -0.15) is 0 Å². The van der Waals surface area contributed by atoms with Crippen LogP contribution < -0.4 is 10.2 Å². The molecule has 4 heteroatoms. The molecule has 1 amide bonds. The summed E-state index contributed by atoms with van der Waals surface area (Å²) in [6.07, 6.45) is 0. The molecule has 1 aromatic carbocycles. The summed E-state index contributed by atoms with van der Waals surface area (Å²) in [5, 5.41) is 3.26. The normalized spacial score (nSPS) is 15.3. The van der Waals surface area contributed by atoms with Crippen LogP contribution in [0.3, 0.4) is 0 Å². The zero-order valence-corrected chi connectivity index (χ0v) is 11.8. The Balaban J connectivity index is 2.00. The van der Waals surface area contributed by atoms with Crippen molar-refractivity contribution in [1.29, 1.82) is 0 Å². The summed E-state index contributed by atoms with van der Waals surface area (Å²) < 4.78 is 0. The third kappa shape index (κ3) is 3.33. The monoisotopic (exact) mass is 261 g/mol. The van der Waals surface area contributed by atoms with E-state index in [1.807, 2.05) is 42.2 Å². The molecule has 19 heavy (non-hydrogen) atoms. The predicted octanol–water partition coefficient (Wildman–Crippen LogP) is 1.33. The number of likely N-dealkylation sites (N-methyl/N-ethyl adjacent to an activating group) is 2. The average molecular weight is 261 g/mol. The lowest BCUT2D eigenvalue weighted by Crippen LogP contribution is -2.59. The summed E-state index contributed by atoms with van der Waals surface area (Å²) in [6.45, 7) is 8.27. The Hall–Kier alpha value is -1.39. The molecule has 0 radical (unpaired) electrons. The molecule has 1 saturated heterocycles. The lowest BCUT2D eigenvalue weighted by Gasteiger charge is -2.38. The first-order valence-corrected chi connectivity index (χ1v) is 7.06. The van der Waals surface area contributed by atoms with Crippen LogP contribution in [0.15, 0.2) is 30.3 Å². The number of hydrogen-bond acceptors (Lipinski definition) is 3. The van der Waals surface area contributed by atoms with E-state index < -0.39 is 0 Å². The second-order valence-corrected chi connectivity index (χ2v) is 4.85. The molecule has 1 aliphatic rings. The van der Waals surface area contributed by atoms with E-state index in [4.69, 9.17) is 0 Å². The van der Waals surface area contributed by atoms with Crippen molar-refractivity contribution in [2.24, 2.45) is 0 Å². The van der Waals surface area contributed by atoms with Crippen molar-refractivity contribution in [3.63, 3.8) is 0 Å². The molecule has 0 aromatic heterocycles. The van der Waals surface area contributed by atoms with E-state index in [0.717, 1.165) is 25.3 Å². The molecule has 1 aromatic rings. The van der Waals surface area contributed by atoms with E-state index in [9.17, 15) is 4.79 Å². The Morgan fingerprint density at radius 2 is 1.89 bits per heavy atom. The van der Waals surface area contributed by atoms with Crippen LogP contribution >= 0.6 is 0 Å². The standard InChI is InChI=1S/C15H23N3O/c1-3-17(14-10-16-11-14)12-15(19)18(4-2)13-8-6-5-7-9-13/h5-9,14,16H,3-4,10-12H2,1-2H3. The van der Waals surface area contributed by atoms with Crippen molar-refractivity contribution in [2.75, 3.05) is 37.6 Å². The maximum absolute atomic E-state index is 12.5. The van der Waals surface area contributed by atoms with Crippen molar-refractivity contribution in [3.8, 4) is 0 Å². The number of carbonyl (C=O) groups is 1. The van der Waals surface area contributed by atoms with E-state index in [2.05, 4.69) is 17.1 Å². The van der Waals surface area contributed by atoms with Crippen molar-refractivity contribution in [3.05, 3.63) is 30.3 Å².